The van der Waals surface area contributed by atoms with Gasteiger partial charge in [0.05, 0.1) is 5.54 Å². The van der Waals surface area contributed by atoms with Crippen LogP contribution in [0.1, 0.15) is 44.0 Å². The highest BCUT2D eigenvalue weighted by Gasteiger charge is 2.31. The van der Waals surface area contributed by atoms with Crippen molar-refractivity contribution in [3.63, 3.8) is 0 Å². The van der Waals surface area contributed by atoms with E-state index in [9.17, 15) is 14.0 Å². The number of halogens is 1. The lowest BCUT2D eigenvalue weighted by Crippen LogP contribution is -2.56. The summed E-state index contributed by atoms with van der Waals surface area (Å²) in [6.07, 6.45) is 3.47. The molecule has 0 heterocycles. The second kappa shape index (κ2) is 5.68. The molecular formula is C16H19FN2O2. The Bertz CT molecular complexity index is 603. The second-order valence-electron chi connectivity index (χ2n) is 6.03. The van der Waals surface area contributed by atoms with Crippen molar-refractivity contribution < 1.29 is 14.0 Å². The molecule has 1 aromatic rings. The lowest BCUT2D eigenvalue weighted by molar-refractivity contribution is -0.135. The fourth-order valence-corrected chi connectivity index (χ4v) is 1.95. The number of amides is 2. The normalized spacial score (nSPS) is 14.0. The summed E-state index contributed by atoms with van der Waals surface area (Å²) < 4.78 is 13.2. The third-order valence-electron chi connectivity index (χ3n) is 3.25. The first-order valence-corrected chi connectivity index (χ1v) is 6.89. The molecule has 0 fully saturated rings. The third-order valence-corrected chi connectivity index (χ3v) is 3.25. The molecule has 1 aromatic carbocycles. The molecule has 0 unspecified atom stereocenters. The lowest BCUT2D eigenvalue weighted by Gasteiger charge is -2.37. The van der Waals surface area contributed by atoms with Crippen LogP contribution >= 0.6 is 0 Å². The predicted octanol–water partition coefficient (Wildman–Crippen LogP) is 2.82. The molecule has 2 rings (SSSR count). The zero-order valence-electron chi connectivity index (χ0n) is 12.4. The summed E-state index contributed by atoms with van der Waals surface area (Å²) in [5, 5.41) is 1.31. The Morgan fingerprint density at radius 1 is 1.29 bits per heavy atom. The molecule has 112 valence electrons. The number of hydrogen-bond donors (Lipinski definition) is 1. The maximum Gasteiger partial charge on any atom is 0.270 e. The van der Waals surface area contributed by atoms with Crippen LogP contribution in [0.25, 0.3) is 0 Å². The number of nitrogens with one attached hydrogen (secondary N) is 1. The average Bonchev–Trinajstić information content (AvgIpc) is 2.31. The summed E-state index contributed by atoms with van der Waals surface area (Å²) in [4.78, 5) is 24.6. The summed E-state index contributed by atoms with van der Waals surface area (Å²) in [5.74, 6) is -1.20. The molecule has 1 N–H and O–H groups in total. The van der Waals surface area contributed by atoms with Gasteiger partial charge in [0.1, 0.15) is 5.82 Å². The Balaban J connectivity index is 2.19. The van der Waals surface area contributed by atoms with Gasteiger partial charge in [0.2, 0.25) is 0 Å². The molecule has 1 aliphatic carbocycles. The molecule has 0 aromatic heterocycles. The van der Waals surface area contributed by atoms with Gasteiger partial charge < -0.3 is 0 Å². The van der Waals surface area contributed by atoms with Gasteiger partial charge in [-0.15, -0.1) is 0 Å². The summed E-state index contributed by atoms with van der Waals surface area (Å²) in [7, 11) is 0. The van der Waals surface area contributed by atoms with E-state index in [0.29, 0.717) is 5.57 Å². The molecule has 2 amide bonds. The van der Waals surface area contributed by atoms with Crippen LogP contribution in [0.15, 0.2) is 35.9 Å². The van der Waals surface area contributed by atoms with Crippen molar-refractivity contribution in [1.82, 2.24) is 10.4 Å². The van der Waals surface area contributed by atoms with E-state index in [4.69, 9.17) is 0 Å². The second-order valence-corrected chi connectivity index (χ2v) is 6.03. The molecule has 0 saturated heterocycles. The first-order chi connectivity index (χ1) is 9.79. The van der Waals surface area contributed by atoms with Crippen molar-refractivity contribution in [2.24, 2.45) is 0 Å². The molecule has 21 heavy (non-hydrogen) atoms. The monoisotopic (exact) mass is 290 g/mol. The quantitative estimate of drug-likeness (QED) is 0.851. The van der Waals surface area contributed by atoms with Gasteiger partial charge in [-0.1, -0.05) is 12.1 Å². The van der Waals surface area contributed by atoms with Crippen molar-refractivity contribution >= 4 is 11.8 Å². The Labute approximate surface area is 123 Å². The SMILES string of the molecule is CC(C)(C)N(NC(=O)c1cccc(F)c1)C(=O)C1=CCC1. The first-order valence-electron chi connectivity index (χ1n) is 6.89. The Hall–Kier alpha value is -2.17. The Morgan fingerprint density at radius 3 is 2.43 bits per heavy atom. The van der Waals surface area contributed by atoms with E-state index in [1.54, 1.807) is 0 Å². The van der Waals surface area contributed by atoms with Crippen molar-refractivity contribution in [3.8, 4) is 0 Å². The molecule has 4 nitrogen and oxygen atoms in total. The molecular weight excluding hydrogens is 271 g/mol. The van der Waals surface area contributed by atoms with E-state index in [0.717, 1.165) is 18.9 Å². The van der Waals surface area contributed by atoms with Crippen LogP contribution in [-0.2, 0) is 4.79 Å². The minimum Gasteiger partial charge on any atom is -0.268 e. The standard InChI is InChI=1S/C16H19FN2O2/c1-16(2,3)19(15(21)11-6-4-7-11)18-14(20)12-8-5-9-13(17)10-12/h5-6,8-10H,4,7H2,1-3H3,(H,18,20). The topological polar surface area (TPSA) is 49.4 Å². The number of allylic oxidation sites excluding steroid dienone is 1. The third kappa shape index (κ3) is 3.48. The smallest absolute Gasteiger partial charge is 0.268 e. The highest BCUT2D eigenvalue weighted by Crippen LogP contribution is 2.23. The van der Waals surface area contributed by atoms with Gasteiger partial charge in [-0.2, -0.15) is 0 Å². The number of hydrazine groups is 1. The predicted molar refractivity (Wildman–Crippen MR) is 77.8 cm³/mol. The zero-order chi connectivity index (χ0) is 15.6. The number of rotatable bonds is 2. The van der Waals surface area contributed by atoms with Crippen LogP contribution in [0.5, 0.6) is 0 Å². The average molecular weight is 290 g/mol. The van der Waals surface area contributed by atoms with E-state index in [1.807, 2.05) is 26.8 Å². The van der Waals surface area contributed by atoms with Gasteiger partial charge in [-0.05, 0) is 51.8 Å². The van der Waals surface area contributed by atoms with Crippen molar-refractivity contribution in [2.45, 2.75) is 39.2 Å². The number of carbonyl (C=O) groups is 2. The molecule has 0 bridgehead atoms. The summed E-state index contributed by atoms with van der Waals surface area (Å²) >= 11 is 0. The van der Waals surface area contributed by atoms with E-state index in [2.05, 4.69) is 5.43 Å². The maximum atomic E-state index is 13.2. The Kier molecular flexibility index (Phi) is 4.11. The largest absolute Gasteiger partial charge is 0.270 e. The van der Waals surface area contributed by atoms with E-state index in [-0.39, 0.29) is 11.5 Å². The summed E-state index contributed by atoms with van der Waals surface area (Å²) in [6.45, 7) is 5.49. The van der Waals surface area contributed by atoms with E-state index < -0.39 is 17.3 Å². The molecule has 0 aliphatic heterocycles. The van der Waals surface area contributed by atoms with Gasteiger partial charge in [0, 0.05) is 11.1 Å². The zero-order valence-corrected chi connectivity index (χ0v) is 12.4. The van der Waals surface area contributed by atoms with Gasteiger partial charge in [0.15, 0.2) is 0 Å². The van der Waals surface area contributed by atoms with Gasteiger partial charge in [0.25, 0.3) is 11.8 Å². The first kappa shape index (κ1) is 15.2. The van der Waals surface area contributed by atoms with Gasteiger partial charge >= 0.3 is 0 Å². The number of benzene rings is 1. The maximum absolute atomic E-state index is 13.2. The minimum atomic E-state index is -0.573. The molecule has 0 saturated carbocycles. The van der Waals surface area contributed by atoms with Crippen LogP contribution in [0, 0.1) is 5.82 Å². The van der Waals surface area contributed by atoms with Crippen LogP contribution in [-0.4, -0.2) is 22.4 Å². The number of hydrogen-bond acceptors (Lipinski definition) is 2. The molecule has 0 spiro atoms. The van der Waals surface area contributed by atoms with E-state index in [1.165, 1.54) is 23.2 Å². The van der Waals surface area contributed by atoms with Crippen molar-refractivity contribution in [3.05, 3.63) is 47.3 Å². The Morgan fingerprint density at radius 2 is 1.95 bits per heavy atom. The van der Waals surface area contributed by atoms with E-state index >= 15 is 0 Å². The highest BCUT2D eigenvalue weighted by molar-refractivity contribution is 5.99. The summed E-state index contributed by atoms with van der Waals surface area (Å²) in [5.41, 5.74) is 2.89. The lowest BCUT2D eigenvalue weighted by atomic mass is 9.96. The number of nitrogens with zero attached hydrogens (tertiary/aromatic N) is 1. The minimum absolute atomic E-state index is 0.180. The van der Waals surface area contributed by atoms with Gasteiger partial charge in [-0.3, -0.25) is 15.0 Å². The van der Waals surface area contributed by atoms with Crippen molar-refractivity contribution in [1.29, 1.82) is 0 Å². The molecule has 1 aliphatic rings. The van der Waals surface area contributed by atoms with Crippen LogP contribution in [0.4, 0.5) is 4.39 Å². The molecule has 5 heteroatoms. The van der Waals surface area contributed by atoms with Gasteiger partial charge in [-0.25, -0.2) is 9.40 Å². The fourth-order valence-electron chi connectivity index (χ4n) is 1.95. The van der Waals surface area contributed by atoms with Crippen LogP contribution in [0.2, 0.25) is 0 Å². The number of carbonyl (C=O) groups excluding carboxylic acids is 2. The van der Waals surface area contributed by atoms with Crippen LogP contribution in [0.3, 0.4) is 0 Å². The van der Waals surface area contributed by atoms with Crippen molar-refractivity contribution in [2.75, 3.05) is 0 Å². The van der Waals surface area contributed by atoms with Crippen LogP contribution < -0.4 is 5.43 Å². The fraction of sp³-hybridized carbons (Fsp3) is 0.375. The highest BCUT2D eigenvalue weighted by atomic mass is 19.1. The molecule has 0 atom stereocenters. The molecule has 0 radical (unpaired) electrons. The summed E-state index contributed by atoms with van der Waals surface area (Å²) in [6, 6.07) is 5.38.